The van der Waals surface area contributed by atoms with Crippen molar-refractivity contribution in [2.24, 2.45) is 46.3 Å². The van der Waals surface area contributed by atoms with Gasteiger partial charge in [-0.2, -0.15) is 0 Å². The van der Waals surface area contributed by atoms with E-state index in [1.165, 1.54) is 44.9 Å². The highest BCUT2D eigenvalue weighted by Crippen LogP contribution is 2.65. The van der Waals surface area contributed by atoms with Crippen LogP contribution in [0.5, 0.6) is 0 Å². The van der Waals surface area contributed by atoms with Crippen molar-refractivity contribution < 1.29 is 9.59 Å². The van der Waals surface area contributed by atoms with Gasteiger partial charge in [0.1, 0.15) is 0 Å². The quantitative estimate of drug-likeness (QED) is 0.621. The lowest BCUT2D eigenvalue weighted by Crippen LogP contribution is -2.51. The first-order chi connectivity index (χ1) is 14.6. The van der Waals surface area contributed by atoms with Crippen molar-refractivity contribution >= 4 is 11.8 Å². The Bertz CT molecular complexity index is 691. The zero-order chi connectivity index (χ0) is 22.4. The highest BCUT2D eigenvalue weighted by molar-refractivity contribution is 5.81. The molecule has 2 N–H and O–H groups in total. The Balaban J connectivity index is 1.55. The number of carbonyl (C=O) groups excluding carboxylic acids is 2. The van der Waals surface area contributed by atoms with Crippen molar-refractivity contribution in [2.75, 3.05) is 6.54 Å². The predicted molar refractivity (Wildman–Crippen MR) is 125 cm³/mol. The fourth-order valence-corrected chi connectivity index (χ4v) is 8.68. The van der Waals surface area contributed by atoms with E-state index in [1.54, 1.807) is 0 Å². The zero-order valence-electron chi connectivity index (χ0n) is 20.6. The lowest BCUT2D eigenvalue weighted by atomic mass is 9.50. The second-order valence-corrected chi connectivity index (χ2v) is 12.5. The van der Waals surface area contributed by atoms with E-state index in [9.17, 15) is 9.59 Å². The smallest absolute Gasteiger partial charge is 0.222 e. The van der Waals surface area contributed by atoms with Crippen LogP contribution in [0, 0.1) is 46.3 Å². The summed E-state index contributed by atoms with van der Waals surface area (Å²) < 4.78 is 0. The fraction of sp³-hybridized carbons (Fsp3) is 0.926. The van der Waals surface area contributed by atoms with Crippen LogP contribution in [0.2, 0.25) is 0 Å². The summed E-state index contributed by atoms with van der Waals surface area (Å²) in [5.41, 5.74) is 0.409. The molecule has 2 aliphatic carbocycles. The number of nitrogens with one attached hydrogen (secondary N) is 2. The van der Waals surface area contributed by atoms with Crippen molar-refractivity contribution in [3.8, 4) is 0 Å². The molecule has 4 fully saturated rings. The Hall–Kier alpha value is -1.06. The Labute approximate surface area is 190 Å². The largest absolute Gasteiger partial charge is 0.356 e. The van der Waals surface area contributed by atoms with Gasteiger partial charge in [-0.1, -0.05) is 53.9 Å². The lowest BCUT2D eigenvalue weighted by Gasteiger charge is -2.54. The Morgan fingerprint density at radius 2 is 1.65 bits per heavy atom. The first kappa shape index (κ1) is 23.1. The number of fused-ring (bicyclic) bond motifs is 5. The predicted octanol–water partition coefficient (Wildman–Crippen LogP) is 5.31. The van der Waals surface area contributed by atoms with Gasteiger partial charge in [0.15, 0.2) is 0 Å². The van der Waals surface area contributed by atoms with Crippen LogP contribution in [0.4, 0.5) is 0 Å². The first-order valence-corrected chi connectivity index (χ1v) is 13.2. The number of hydrogen-bond acceptors (Lipinski definition) is 2. The van der Waals surface area contributed by atoms with Crippen LogP contribution in [-0.2, 0) is 9.59 Å². The van der Waals surface area contributed by atoms with E-state index >= 15 is 0 Å². The van der Waals surface area contributed by atoms with Crippen LogP contribution in [0.25, 0.3) is 0 Å². The van der Waals surface area contributed by atoms with E-state index in [2.05, 4.69) is 45.3 Å². The van der Waals surface area contributed by atoms with Crippen molar-refractivity contribution in [1.82, 2.24) is 10.6 Å². The van der Waals surface area contributed by atoms with Gasteiger partial charge in [-0.15, -0.1) is 0 Å². The summed E-state index contributed by atoms with van der Waals surface area (Å²) in [6.07, 6.45) is 11.3. The normalized spacial score (nSPS) is 43.7. The number of rotatable bonds is 5. The number of amides is 2. The molecular formula is C27H46N2O2. The molecule has 0 radical (unpaired) electrons. The third-order valence-corrected chi connectivity index (χ3v) is 10.4. The third-order valence-electron chi connectivity index (χ3n) is 10.4. The molecule has 4 aliphatic rings. The van der Waals surface area contributed by atoms with Crippen LogP contribution in [0.1, 0.15) is 98.8 Å². The van der Waals surface area contributed by atoms with Gasteiger partial charge in [0.05, 0.1) is 0 Å². The van der Waals surface area contributed by atoms with Crippen LogP contribution in [0.3, 0.4) is 0 Å². The summed E-state index contributed by atoms with van der Waals surface area (Å²) in [6, 6.07) is -0.00554. The molecule has 8 atom stereocenters. The summed E-state index contributed by atoms with van der Waals surface area (Å²) >= 11 is 0. The second kappa shape index (κ2) is 8.71. The highest BCUT2D eigenvalue weighted by atomic mass is 16.2. The van der Waals surface area contributed by atoms with Crippen LogP contribution in [0.15, 0.2) is 0 Å². The standard InChI is InChI=1S/C27H46N2O2/c1-17(2)7-6-8-18(3)20-9-10-21-19-15-25(31)29-23-16-24(30)28-14-13-27(23,5)22(19)11-12-26(20,21)4/h17-23H,6-16H2,1-5H3,(H,28,30)(H,29,31). The van der Waals surface area contributed by atoms with Gasteiger partial charge >= 0.3 is 0 Å². The topological polar surface area (TPSA) is 58.2 Å². The molecule has 0 spiro atoms. The minimum atomic E-state index is -0.00554. The maximum absolute atomic E-state index is 13.0. The maximum atomic E-state index is 13.0. The van der Waals surface area contributed by atoms with Crippen LogP contribution < -0.4 is 10.6 Å². The summed E-state index contributed by atoms with van der Waals surface area (Å²) in [7, 11) is 0. The summed E-state index contributed by atoms with van der Waals surface area (Å²) in [5.74, 6) is 4.38. The molecule has 8 unspecified atom stereocenters. The van der Waals surface area contributed by atoms with Gasteiger partial charge in [0.25, 0.3) is 0 Å². The minimum absolute atomic E-state index is 0.00554. The van der Waals surface area contributed by atoms with Gasteiger partial charge < -0.3 is 10.6 Å². The molecule has 4 heteroatoms. The molecular weight excluding hydrogens is 384 g/mol. The Kier molecular flexibility index (Phi) is 6.49. The Morgan fingerprint density at radius 1 is 0.903 bits per heavy atom. The molecule has 2 aliphatic heterocycles. The van der Waals surface area contributed by atoms with Gasteiger partial charge in [-0.3, -0.25) is 9.59 Å². The monoisotopic (exact) mass is 430 g/mol. The minimum Gasteiger partial charge on any atom is -0.356 e. The van der Waals surface area contributed by atoms with Crippen molar-refractivity contribution in [2.45, 2.75) is 105 Å². The van der Waals surface area contributed by atoms with Gasteiger partial charge in [-0.05, 0) is 78.4 Å². The van der Waals surface area contributed by atoms with Gasteiger partial charge in [-0.25, -0.2) is 0 Å². The number of carbonyl (C=O) groups is 2. The lowest BCUT2D eigenvalue weighted by molar-refractivity contribution is -0.124. The molecule has 2 saturated heterocycles. The van der Waals surface area contributed by atoms with E-state index in [4.69, 9.17) is 0 Å². The maximum Gasteiger partial charge on any atom is 0.222 e. The molecule has 0 aromatic carbocycles. The van der Waals surface area contributed by atoms with Gasteiger partial charge in [0.2, 0.25) is 11.8 Å². The molecule has 0 aromatic rings. The molecule has 0 bridgehead atoms. The molecule has 0 aromatic heterocycles. The van der Waals surface area contributed by atoms with Gasteiger partial charge in [0, 0.05) is 25.4 Å². The first-order valence-electron chi connectivity index (χ1n) is 13.2. The molecule has 2 amide bonds. The second-order valence-electron chi connectivity index (χ2n) is 12.5. The van der Waals surface area contributed by atoms with Crippen molar-refractivity contribution in [3.63, 3.8) is 0 Å². The highest BCUT2D eigenvalue weighted by Gasteiger charge is 2.60. The average Bonchev–Trinajstić information content (AvgIpc) is 2.91. The molecule has 2 saturated carbocycles. The molecule has 176 valence electrons. The van der Waals surface area contributed by atoms with E-state index in [-0.39, 0.29) is 23.3 Å². The van der Waals surface area contributed by atoms with E-state index in [0.717, 1.165) is 30.7 Å². The molecule has 4 rings (SSSR count). The zero-order valence-corrected chi connectivity index (χ0v) is 20.6. The SMILES string of the molecule is CC(C)CCCC(C)C1CCC2C3CC(=O)NC4CC(=O)NCCC4(C)C3CCC12C. The van der Waals surface area contributed by atoms with E-state index in [0.29, 0.717) is 36.0 Å². The van der Waals surface area contributed by atoms with Crippen molar-refractivity contribution in [3.05, 3.63) is 0 Å². The molecule has 31 heavy (non-hydrogen) atoms. The Morgan fingerprint density at radius 3 is 2.39 bits per heavy atom. The van der Waals surface area contributed by atoms with Crippen LogP contribution >= 0.6 is 0 Å². The van der Waals surface area contributed by atoms with E-state index in [1.807, 2.05) is 0 Å². The van der Waals surface area contributed by atoms with Crippen LogP contribution in [-0.4, -0.2) is 24.4 Å². The fourth-order valence-electron chi connectivity index (χ4n) is 8.68. The number of hydrogen-bond donors (Lipinski definition) is 2. The molecule has 2 heterocycles. The summed E-state index contributed by atoms with van der Waals surface area (Å²) in [4.78, 5) is 25.3. The van der Waals surface area contributed by atoms with E-state index < -0.39 is 0 Å². The van der Waals surface area contributed by atoms with Crippen molar-refractivity contribution in [1.29, 1.82) is 0 Å². The average molecular weight is 431 g/mol. The third kappa shape index (κ3) is 4.17. The summed E-state index contributed by atoms with van der Waals surface area (Å²) in [6.45, 7) is 12.9. The summed E-state index contributed by atoms with van der Waals surface area (Å²) in [5, 5.41) is 6.38. The molecule has 4 nitrogen and oxygen atoms in total.